The molecule has 0 amide bonds. The van der Waals surface area contributed by atoms with Gasteiger partial charge in [0, 0.05) is 29.0 Å². The van der Waals surface area contributed by atoms with Crippen LogP contribution in [0.4, 0.5) is 0 Å². The smallest absolute Gasteiger partial charge is 0.0348 e. The Morgan fingerprint density at radius 2 is 2.10 bits per heavy atom. The van der Waals surface area contributed by atoms with E-state index in [0.717, 1.165) is 6.42 Å². The molecule has 10 heavy (non-hydrogen) atoms. The maximum Gasteiger partial charge on any atom is 0.0348 e. The van der Waals surface area contributed by atoms with Gasteiger partial charge in [0.25, 0.3) is 0 Å². The Labute approximate surface area is 74.8 Å². The van der Waals surface area contributed by atoms with E-state index in [1.165, 1.54) is 5.56 Å². The van der Waals surface area contributed by atoms with Crippen molar-refractivity contribution in [3.05, 3.63) is 35.9 Å². The number of benzene rings is 1. The summed E-state index contributed by atoms with van der Waals surface area (Å²) in [6.45, 7) is 0. The summed E-state index contributed by atoms with van der Waals surface area (Å²) in [5.74, 6) is 2.99. The van der Waals surface area contributed by atoms with Crippen LogP contribution >= 0.6 is 22.6 Å². The van der Waals surface area contributed by atoms with Crippen LogP contribution in [0.1, 0.15) is 5.56 Å². The van der Waals surface area contributed by atoms with E-state index in [2.05, 4.69) is 15.9 Å². The second-order valence-corrected chi connectivity index (χ2v) is 2.40. The predicted octanol–water partition coefficient (Wildman–Crippen LogP) is 2.43. The molecule has 0 aliphatic carbocycles. The van der Waals surface area contributed by atoms with Crippen molar-refractivity contribution in [3.63, 3.8) is 0 Å². The van der Waals surface area contributed by atoms with Crippen LogP contribution in [-0.2, 0) is 6.42 Å². The molecule has 0 aliphatic rings. The Morgan fingerprint density at radius 3 is 2.70 bits per heavy atom. The summed E-state index contributed by atoms with van der Waals surface area (Å²) in [4.78, 5) is 0. The second-order valence-electron chi connectivity index (χ2n) is 1.86. The highest BCUT2D eigenvalue weighted by atomic mass is 127. The minimum atomic E-state index is 0.845. The third-order valence-corrected chi connectivity index (χ3v) is 1.53. The molecule has 0 N–H and O–H groups in total. The van der Waals surface area contributed by atoms with Crippen molar-refractivity contribution >= 4 is 22.6 Å². The lowest BCUT2D eigenvalue weighted by Gasteiger charge is -1.89. The van der Waals surface area contributed by atoms with Gasteiger partial charge in [-0.3, -0.25) is 0 Å². The van der Waals surface area contributed by atoms with Crippen LogP contribution in [0.5, 0.6) is 0 Å². The van der Waals surface area contributed by atoms with Crippen LogP contribution in [0.3, 0.4) is 0 Å². The molecule has 1 aromatic rings. The molecule has 0 saturated carbocycles. The summed E-state index contributed by atoms with van der Waals surface area (Å²) in [6.07, 6.45) is 0.845. The van der Waals surface area contributed by atoms with E-state index in [0.29, 0.717) is 0 Å². The standard InChI is InChI=1S/C9H6I/c10-8-4-7-9-5-2-1-3-6-9/h2-3,5-6H,7H2. The largest absolute Gasteiger partial charge is 0.0871 e. The summed E-state index contributed by atoms with van der Waals surface area (Å²) in [5.41, 5.74) is 1.25. The van der Waals surface area contributed by atoms with Gasteiger partial charge in [0.1, 0.15) is 0 Å². The highest BCUT2D eigenvalue weighted by molar-refractivity contribution is 14.1. The van der Waals surface area contributed by atoms with Crippen LogP contribution in [0.2, 0.25) is 0 Å². The number of hydrogen-bond acceptors (Lipinski definition) is 0. The van der Waals surface area contributed by atoms with Gasteiger partial charge in [-0.2, -0.15) is 0 Å². The van der Waals surface area contributed by atoms with Gasteiger partial charge in [0.2, 0.25) is 0 Å². The van der Waals surface area contributed by atoms with Crippen molar-refractivity contribution in [2.45, 2.75) is 6.42 Å². The molecule has 0 fully saturated rings. The van der Waals surface area contributed by atoms with Crippen molar-refractivity contribution in [1.29, 1.82) is 0 Å². The van der Waals surface area contributed by atoms with Crippen LogP contribution in [0.25, 0.3) is 0 Å². The molecule has 0 saturated heterocycles. The molecule has 0 atom stereocenters. The lowest BCUT2D eigenvalue weighted by molar-refractivity contribution is 1.32. The Morgan fingerprint density at radius 1 is 1.40 bits per heavy atom. The molecule has 0 spiro atoms. The van der Waals surface area contributed by atoms with Gasteiger partial charge < -0.3 is 0 Å². The van der Waals surface area contributed by atoms with Crippen LogP contribution in [0, 0.1) is 15.9 Å². The predicted molar refractivity (Wildman–Crippen MR) is 50.8 cm³/mol. The lowest BCUT2D eigenvalue weighted by Crippen LogP contribution is -1.77. The van der Waals surface area contributed by atoms with E-state index in [4.69, 9.17) is 0 Å². The number of halogens is 1. The van der Waals surface area contributed by atoms with E-state index < -0.39 is 0 Å². The van der Waals surface area contributed by atoms with Gasteiger partial charge in [-0.25, -0.2) is 0 Å². The van der Waals surface area contributed by atoms with Gasteiger partial charge in [-0.1, -0.05) is 30.2 Å². The quantitative estimate of drug-likeness (QED) is 0.523. The average Bonchev–Trinajstić information content (AvgIpc) is 2.03. The summed E-state index contributed by atoms with van der Waals surface area (Å²) in [7, 11) is 0. The summed E-state index contributed by atoms with van der Waals surface area (Å²) in [5, 5.41) is 0. The normalized spacial score (nSPS) is 8.10. The molecular weight excluding hydrogens is 235 g/mol. The summed E-state index contributed by atoms with van der Waals surface area (Å²) in [6, 6.07) is 10.8. The van der Waals surface area contributed by atoms with Crippen molar-refractivity contribution < 1.29 is 0 Å². The molecule has 0 unspecified atom stereocenters. The lowest BCUT2D eigenvalue weighted by atomic mass is 10.2. The molecule has 1 heteroatoms. The number of hydrogen-bond donors (Lipinski definition) is 0. The molecule has 49 valence electrons. The Bertz CT molecular complexity index is 240. The summed E-state index contributed by atoms with van der Waals surface area (Å²) < 4.78 is 2.83. The Kier molecular flexibility index (Phi) is 3.31. The zero-order chi connectivity index (χ0) is 7.23. The first kappa shape index (κ1) is 7.62. The van der Waals surface area contributed by atoms with Crippen LogP contribution in [0.15, 0.2) is 24.3 Å². The fourth-order valence-corrected chi connectivity index (χ4v) is 0.865. The molecule has 1 radical (unpaired) electrons. The molecule has 0 aliphatic heterocycles. The van der Waals surface area contributed by atoms with Crippen molar-refractivity contribution in [1.82, 2.24) is 0 Å². The fourth-order valence-electron chi connectivity index (χ4n) is 0.675. The summed E-state index contributed by atoms with van der Waals surface area (Å²) >= 11 is 2.05. The van der Waals surface area contributed by atoms with E-state index in [9.17, 15) is 0 Å². The maximum absolute atomic E-state index is 2.99. The van der Waals surface area contributed by atoms with E-state index in [1.807, 2.05) is 46.9 Å². The highest BCUT2D eigenvalue weighted by Gasteiger charge is 1.83. The van der Waals surface area contributed by atoms with Gasteiger partial charge >= 0.3 is 0 Å². The van der Waals surface area contributed by atoms with E-state index in [-0.39, 0.29) is 0 Å². The Hall–Kier alpha value is -0.490. The first-order valence-electron chi connectivity index (χ1n) is 2.97. The Balaban J connectivity index is 2.64. The molecule has 0 aromatic heterocycles. The minimum absolute atomic E-state index is 0.845. The molecule has 1 aromatic carbocycles. The second kappa shape index (κ2) is 4.35. The van der Waals surface area contributed by atoms with Gasteiger partial charge in [-0.05, 0) is 15.6 Å². The monoisotopic (exact) mass is 241 g/mol. The van der Waals surface area contributed by atoms with Crippen molar-refractivity contribution in [2.75, 3.05) is 0 Å². The van der Waals surface area contributed by atoms with Crippen molar-refractivity contribution in [3.8, 4) is 9.85 Å². The minimum Gasteiger partial charge on any atom is -0.0871 e. The topological polar surface area (TPSA) is 0 Å². The van der Waals surface area contributed by atoms with Crippen LogP contribution < -0.4 is 0 Å². The first-order valence-corrected chi connectivity index (χ1v) is 4.05. The van der Waals surface area contributed by atoms with Gasteiger partial charge in [0.15, 0.2) is 0 Å². The fraction of sp³-hybridized carbons (Fsp3) is 0.111. The van der Waals surface area contributed by atoms with Crippen LogP contribution in [-0.4, -0.2) is 0 Å². The molecular formula is C9H6I. The van der Waals surface area contributed by atoms with Crippen molar-refractivity contribution in [2.24, 2.45) is 0 Å². The van der Waals surface area contributed by atoms with E-state index >= 15 is 0 Å². The molecule has 1 rings (SSSR count). The SMILES string of the molecule is IC#CCc1cc[c]cc1. The third kappa shape index (κ3) is 2.40. The molecule has 0 nitrogen and oxygen atoms in total. The highest BCUT2D eigenvalue weighted by Crippen LogP contribution is 1.97. The van der Waals surface area contributed by atoms with E-state index in [1.54, 1.807) is 0 Å². The first-order chi connectivity index (χ1) is 4.93. The zero-order valence-corrected chi connectivity index (χ0v) is 7.55. The van der Waals surface area contributed by atoms with Gasteiger partial charge in [0.05, 0.1) is 0 Å². The average molecular weight is 241 g/mol. The zero-order valence-electron chi connectivity index (χ0n) is 5.39. The van der Waals surface area contributed by atoms with Gasteiger partial charge in [-0.15, -0.1) is 0 Å². The number of rotatable bonds is 1. The molecule has 0 bridgehead atoms. The maximum atomic E-state index is 2.99. The third-order valence-electron chi connectivity index (χ3n) is 1.15. The molecule has 0 heterocycles.